The fourth-order valence-corrected chi connectivity index (χ4v) is 3.33. The predicted octanol–water partition coefficient (Wildman–Crippen LogP) is 3.08. The standard InChI is InChI=1S/C18H28N2O2.ClH/c1-22-16-7-5-6-15(12-16)8-11-20-17(21)13-18(14-19)9-3-2-4-10-18;/h5-7,12H,2-4,8-11,13-14,19H2,1H3,(H,20,21);1H. The highest BCUT2D eigenvalue weighted by Crippen LogP contribution is 2.38. The molecule has 0 aliphatic heterocycles. The molecule has 1 aromatic rings. The van der Waals surface area contributed by atoms with E-state index < -0.39 is 0 Å². The summed E-state index contributed by atoms with van der Waals surface area (Å²) >= 11 is 0. The molecule has 0 radical (unpaired) electrons. The summed E-state index contributed by atoms with van der Waals surface area (Å²) < 4.78 is 5.21. The first-order valence-electron chi connectivity index (χ1n) is 8.27. The third-order valence-electron chi connectivity index (χ3n) is 4.75. The zero-order valence-corrected chi connectivity index (χ0v) is 14.8. The zero-order valence-electron chi connectivity index (χ0n) is 14.0. The Balaban J connectivity index is 0.00000264. The van der Waals surface area contributed by atoms with Crippen LogP contribution in [0.4, 0.5) is 0 Å². The lowest BCUT2D eigenvalue weighted by molar-refractivity contribution is -0.123. The van der Waals surface area contributed by atoms with Crippen molar-refractivity contribution in [3.05, 3.63) is 29.8 Å². The number of hydrogen-bond acceptors (Lipinski definition) is 3. The minimum absolute atomic E-state index is 0. The SMILES string of the molecule is COc1cccc(CCNC(=O)CC2(CN)CCCCC2)c1.Cl. The van der Waals surface area contributed by atoms with Gasteiger partial charge in [0.15, 0.2) is 0 Å². The second-order valence-corrected chi connectivity index (χ2v) is 6.39. The normalized spacial score (nSPS) is 16.3. The molecule has 1 aliphatic carbocycles. The molecular formula is C18H29ClN2O2. The number of carbonyl (C=O) groups is 1. The summed E-state index contributed by atoms with van der Waals surface area (Å²) in [4.78, 5) is 12.2. The minimum atomic E-state index is 0. The monoisotopic (exact) mass is 340 g/mol. The summed E-state index contributed by atoms with van der Waals surface area (Å²) in [5.41, 5.74) is 7.16. The van der Waals surface area contributed by atoms with Gasteiger partial charge in [-0.1, -0.05) is 31.4 Å². The van der Waals surface area contributed by atoms with Gasteiger partial charge in [-0.25, -0.2) is 0 Å². The number of benzene rings is 1. The molecule has 4 nitrogen and oxygen atoms in total. The van der Waals surface area contributed by atoms with E-state index in [1.807, 2.05) is 18.2 Å². The lowest BCUT2D eigenvalue weighted by Crippen LogP contribution is -2.39. The summed E-state index contributed by atoms with van der Waals surface area (Å²) in [6.07, 6.45) is 7.25. The van der Waals surface area contributed by atoms with Crippen molar-refractivity contribution in [3.63, 3.8) is 0 Å². The molecule has 1 amide bonds. The van der Waals surface area contributed by atoms with E-state index in [9.17, 15) is 4.79 Å². The molecular weight excluding hydrogens is 312 g/mol. The topological polar surface area (TPSA) is 64.3 Å². The van der Waals surface area contributed by atoms with Crippen LogP contribution in [-0.2, 0) is 11.2 Å². The first-order chi connectivity index (χ1) is 10.7. The van der Waals surface area contributed by atoms with Gasteiger partial charge in [-0.05, 0) is 48.9 Å². The van der Waals surface area contributed by atoms with E-state index in [2.05, 4.69) is 11.4 Å². The largest absolute Gasteiger partial charge is 0.497 e. The first-order valence-corrected chi connectivity index (χ1v) is 8.27. The number of ether oxygens (including phenoxy) is 1. The first kappa shape index (κ1) is 19.8. The van der Waals surface area contributed by atoms with Crippen molar-refractivity contribution in [1.82, 2.24) is 5.32 Å². The van der Waals surface area contributed by atoms with E-state index in [1.165, 1.54) is 24.8 Å². The van der Waals surface area contributed by atoms with Gasteiger partial charge in [0.05, 0.1) is 7.11 Å². The number of nitrogens with two attached hydrogens (primary N) is 1. The highest BCUT2D eigenvalue weighted by Gasteiger charge is 2.32. The molecule has 0 unspecified atom stereocenters. The Kier molecular flexibility index (Phi) is 8.42. The van der Waals surface area contributed by atoms with E-state index in [1.54, 1.807) is 7.11 Å². The third kappa shape index (κ3) is 6.04. The quantitative estimate of drug-likeness (QED) is 0.801. The van der Waals surface area contributed by atoms with Crippen LogP contribution in [0.3, 0.4) is 0 Å². The van der Waals surface area contributed by atoms with Crippen LogP contribution in [0.1, 0.15) is 44.1 Å². The molecule has 1 aromatic carbocycles. The second-order valence-electron chi connectivity index (χ2n) is 6.39. The number of rotatable bonds is 7. The summed E-state index contributed by atoms with van der Waals surface area (Å²) in [5, 5.41) is 3.04. The zero-order chi connectivity index (χ0) is 15.8. The van der Waals surface area contributed by atoms with Crippen LogP contribution in [0, 0.1) is 5.41 Å². The van der Waals surface area contributed by atoms with Crippen molar-refractivity contribution < 1.29 is 9.53 Å². The van der Waals surface area contributed by atoms with E-state index in [0.717, 1.165) is 25.0 Å². The summed E-state index contributed by atoms with van der Waals surface area (Å²) in [7, 11) is 1.66. The fraction of sp³-hybridized carbons (Fsp3) is 0.611. The van der Waals surface area contributed by atoms with Gasteiger partial charge in [-0.15, -0.1) is 12.4 Å². The molecule has 0 heterocycles. The van der Waals surface area contributed by atoms with Gasteiger partial charge in [-0.2, -0.15) is 0 Å². The van der Waals surface area contributed by atoms with Crippen molar-refractivity contribution in [2.24, 2.45) is 11.1 Å². The fourth-order valence-electron chi connectivity index (χ4n) is 3.33. The Bertz CT molecular complexity index is 488. The summed E-state index contributed by atoms with van der Waals surface area (Å²) in [5.74, 6) is 0.989. The van der Waals surface area contributed by atoms with Gasteiger partial charge in [0.25, 0.3) is 0 Å². The maximum atomic E-state index is 12.2. The molecule has 1 aliphatic rings. The highest BCUT2D eigenvalue weighted by atomic mass is 35.5. The van der Waals surface area contributed by atoms with Crippen LogP contribution in [-0.4, -0.2) is 26.1 Å². The maximum absolute atomic E-state index is 12.2. The molecule has 5 heteroatoms. The molecule has 130 valence electrons. The van der Waals surface area contributed by atoms with Gasteiger partial charge >= 0.3 is 0 Å². The van der Waals surface area contributed by atoms with Crippen LogP contribution in [0.15, 0.2) is 24.3 Å². The Hall–Kier alpha value is -1.26. The van der Waals surface area contributed by atoms with Gasteiger partial charge in [0, 0.05) is 13.0 Å². The van der Waals surface area contributed by atoms with Gasteiger partial charge < -0.3 is 15.8 Å². The summed E-state index contributed by atoms with van der Waals surface area (Å²) in [6, 6.07) is 7.96. The lowest BCUT2D eigenvalue weighted by Gasteiger charge is -2.35. The number of halogens is 1. The van der Waals surface area contributed by atoms with Crippen molar-refractivity contribution in [2.45, 2.75) is 44.9 Å². The van der Waals surface area contributed by atoms with Gasteiger partial charge in [-0.3, -0.25) is 4.79 Å². The molecule has 0 atom stereocenters. The molecule has 0 spiro atoms. The van der Waals surface area contributed by atoms with E-state index in [-0.39, 0.29) is 23.7 Å². The minimum Gasteiger partial charge on any atom is -0.497 e. The molecule has 2 rings (SSSR count). The summed E-state index contributed by atoms with van der Waals surface area (Å²) in [6.45, 7) is 1.28. The molecule has 23 heavy (non-hydrogen) atoms. The maximum Gasteiger partial charge on any atom is 0.220 e. The average molecular weight is 341 g/mol. The number of hydrogen-bond donors (Lipinski definition) is 2. The van der Waals surface area contributed by atoms with Crippen molar-refractivity contribution in [1.29, 1.82) is 0 Å². The number of methoxy groups -OCH3 is 1. The Labute approximate surface area is 145 Å². The smallest absolute Gasteiger partial charge is 0.220 e. The van der Waals surface area contributed by atoms with E-state index in [4.69, 9.17) is 10.5 Å². The lowest BCUT2D eigenvalue weighted by atomic mass is 9.71. The van der Waals surface area contributed by atoms with Crippen LogP contribution in [0.25, 0.3) is 0 Å². The highest BCUT2D eigenvalue weighted by molar-refractivity contribution is 5.85. The number of carbonyl (C=O) groups excluding carboxylic acids is 1. The van der Waals surface area contributed by atoms with Gasteiger partial charge in [0.1, 0.15) is 5.75 Å². The van der Waals surface area contributed by atoms with Crippen LogP contribution in [0.2, 0.25) is 0 Å². The molecule has 1 saturated carbocycles. The van der Waals surface area contributed by atoms with Crippen LogP contribution >= 0.6 is 12.4 Å². The van der Waals surface area contributed by atoms with E-state index in [0.29, 0.717) is 19.5 Å². The average Bonchev–Trinajstić information content (AvgIpc) is 2.56. The molecule has 0 aromatic heterocycles. The van der Waals surface area contributed by atoms with Crippen LogP contribution in [0.5, 0.6) is 5.75 Å². The van der Waals surface area contributed by atoms with Crippen molar-refractivity contribution in [2.75, 3.05) is 20.2 Å². The Morgan fingerprint density at radius 1 is 1.30 bits per heavy atom. The Morgan fingerprint density at radius 2 is 2.04 bits per heavy atom. The van der Waals surface area contributed by atoms with Crippen LogP contribution < -0.4 is 15.8 Å². The number of nitrogens with one attached hydrogen (secondary N) is 1. The molecule has 3 N–H and O–H groups in total. The molecule has 0 saturated heterocycles. The van der Waals surface area contributed by atoms with Crippen molar-refractivity contribution in [3.8, 4) is 5.75 Å². The molecule has 1 fully saturated rings. The predicted molar refractivity (Wildman–Crippen MR) is 96.1 cm³/mol. The third-order valence-corrected chi connectivity index (χ3v) is 4.75. The molecule has 0 bridgehead atoms. The Morgan fingerprint density at radius 3 is 2.70 bits per heavy atom. The van der Waals surface area contributed by atoms with Crippen molar-refractivity contribution >= 4 is 18.3 Å². The second kappa shape index (κ2) is 9.78. The van der Waals surface area contributed by atoms with Gasteiger partial charge in [0.2, 0.25) is 5.91 Å². The number of amides is 1. The van der Waals surface area contributed by atoms with E-state index >= 15 is 0 Å².